The van der Waals surface area contributed by atoms with Crippen molar-refractivity contribution in [1.29, 1.82) is 0 Å². The van der Waals surface area contributed by atoms with Crippen molar-refractivity contribution in [3.8, 4) is 0 Å². The molecule has 1 aromatic carbocycles. The second kappa shape index (κ2) is 7.53. The Morgan fingerprint density at radius 1 is 1.24 bits per heavy atom. The molecule has 1 aliphatic carbocycles. The van der Waals surface area contributed by atoms with Gasteiger partial charge in [-0.3, -0.25) is 0 Å². The van der Waals surface area contributed by atoms with Crippen LogP contribution in [-0.4, -0.2) is 20.3 Å². The molecule has 1 aliphatic rings. The van der Waals surface area contributed by atoms with Gasteiger partial charge in [-0.1, -0.05) is 44.7 Å². The molecule has 0 heterocycles. The zero-order valence-corrected chi connectivity index (χ0v) is 15.5. The van der Waals surface area contributed by atoms with Crippen molar-refractivity contribution < 1.29 is 12.8 Å². The van der Waals surface area contributed by atoms with Crippen molar-refractivity contribution >= 4 is 41.9 Å². The highest BCUT2D eigenvalue weighted by Crippen LogP contribution is 2.31. The largest absolute Gasteiger partial charge is 0.243 e. The van der Waals surface area contributed by atoms with Gasteiger partial charge in [0, 0.05) is 16.3 Å². The predicted octanol–water partition coefficient (Wildman–Crippen LogP) is 4.07. The maximum absolute atomic E-state index is 13.8. The van der Waals surface area contributed by atoms with E-state index >= 15 is 0 Å². The van der Waals surface area contributed by atoms with Crippen molar-refractivity contribution in [2.45, 2.75) is 30.6 Å². The zero-order chi connectivity index (χ0) is 15.5. The van der Waals surface area contributed by atoms with Crippen LogP contribution in [0.3, 0.4) is 0 Å². The average molecular weight is 443 g/mol. The summed E-state index contributed by atoms with van der Waals surface area (Å²) in [5, 5.41) is 0.881. The van der Waals surface area contributed by atoms with E-state index in [1.165, 1.54) is 18.6 Å². The fourth-order valence-electron chi connectivity index (χ4n) is 2.74. The summed E-state index contributed by atoms with van der Waals surface area (Å²) in [5.41, 5.74) is 0. The van der Waals surface area contributed by atoms with Gasteiger partial charge in [-0.05, 0) is 42.9 Å². The Labute approximate surface area is 142 Å². The lowest BCUT2D eigenvalue weighted by Gasteiger charge is -2.30. The first-order chi connectivity index (χ1) is 9.94. The number of benzene rings is 1. The summed E-state index contributed by atoms with van der Waals surface area (Å²) in [5.74, 6) is 0.0557. The van der Waals surface area contributed by atoms with Gasteiger partial charge in [0.1, 0.15) is 10.7 Å². The molecular formula is C14H18Br2FNO2S. The van der Waals surface area contributed by atoms with Crippen LogP contribution >= 0.6 is 31.9 Å². The molecule has 0 bridgehead atoms. The summed E-state index contributed by atoms with van der Waals surface area (Å²) in [6, 6.07) is 3.97. The number of halogens is 3. The maximum Gasteiger partial charge on any atom is 0.243 e. The number of hydrogen-bond donors (Lipinski definition) is 1. The summed E-state index contributed by atoms with van der Waals surface area (Å²) in [7, 11) is -3.80. The molecule has 7 heteroatoms. The van der Waals surface area contributed by atoms with E-state index in [9.17, 15) is 12.8 Å². The fourth-order valence-corrected chi connectivity index (χ4v) is 5.08. The number of rotatable bonds is 5. The Balaban J connectivity index is 2.07. The molecule has 2 atom stereocenters. The Hall–Kier alpha value is 0.0200. The molecule has 0 aromatic heterocycles. The number of hydrogen-bond acceptors (Lipinski definition) is 2. The van der Waals surface area contributed by atoms with E-state index in [2.05, 4.69) is 36.6 Å². The normalized spacial score (nSPS) is 23.2. The summed E-state index contributed by atoms with van der Waals surface area (Å²) >= 11 is 6.62. The molecule has 118 valence electrons. The third-order valence-electron chi connectivity index (χ3n) is 3.98. The van der Waals surface area contributed by atoms with Crippen molar-refractivity contribution in [2.75, 3.05) is 11.9 Å². The van der Waals surface area contributed by atoms with Gasteiger partial charge in [0.15, 0.2) is 0 Å². The van der Waals surface area contributed by atoms with Crippen LogP contribution in [0.25, 0.3) is 0 Å². The third kappa shape index (κ3) is 4.50. The maximum atomic E-state index is 13.8. The third-order valence-corrected chi connectivity index (χ3v) is 6.77. The van der Waals surface area contributed by atoms with Gasteiger partial charge in [0.25, 0.3) is 0 Å². The molecular weight excluding hydrogens is 425 g/mol. The minimum Gasteiger partial charge on any atom is -0.211 e. The molecule has 21 heavy (non-hydrogen) atoms. The smallest absolute Gasteiger partial charge is 0.211 e. The molecule has 3 nitrogen and oxygen atoms in total. The van der Waals surface area contributed by atoms with Gasteiger partial charge in [-0.2, -0.15) is 0 Å². The van der Waals surface area contributed by atoms with Crippen LogP contribution in [0.15, 0.2) is 27.6 Å². The zero-order valence-electron chi connectivity index (χ0n) is 11.5. The van der Waals surface area contributed by atoms with E-state index < -0.39 is 15.8 Å². The molecule has 2 rings (SSSR count). The van der Waals surface area contributed by atoms with Gasteiger partial charge < -0.3 is 0 Å². The van der Waals surface area contributed by atoms with Crippen LogP contribution in [0.2, 0.25) is 0 Å². The monoisotopic (exact) mass is 441 g/mol. The molecule has 0 amide bonds. The highest BCUT2D eigenvalue weighted by molar-refractivity contribution is 9.10. The molecule has 1 aromatic rings. The average Bonchev–Trinajstić information content (AvgIpc) is 2.45. The van der Waals surface area contributed by atoms with Gasteiger partial charge in [0.2, 0.25) is 10.0 Å². The van der Waals surface area contributed by atoms with Crippen LogP contribution < -0.4 is 4.72 Å². The summed E-state index contributed by atoms with van der Waals surface area (Å²) in [6.45, 7) is 0.369. The van der Waals surface area contributed by atoms with Crippen molar-refractivity contribution in [3.05, 3.63) is 28.5 Å². The van der Waals surface area contributed by atoms with E-state index in [1.807, 2.05) is 0 Å². The molecule has 2 unspecified atom stereocenters. The lowest BCUT2D eigenvalue weighted by Crippen LogP contribution is -2.35. The molecule has 0 saturated heterocycles. The second-order valence-corrected chi connectivity index (χ2v) is 8.68. The molecule has 1 fully saturated rings. The topological polar surface area (TPSA) is 46.2 Å². The Bertz CT molecular complexity index is 595. The van der Waals surface area contributed by atoms with Crippen LogP contribution in [-0.2, 0) is 10.0 Å². The van der Waals surface area contributed by atoms with Crippen LogP contribution in [0.4, 0.5) is 4.39 Å². The minimum absolute atomic E-state index is 0.295. The van der Waals surface area contributed by atoms with E-state index in [-0.39, 0.29) is 4.90 Å². The quantitative estimate of drug-likeness (QED) is 0.698. The van der Waals surface area contributed by atoms with Gasteiger partial charge >= 0.3 is 0 Å². The summed E-state index contributed by atoms with van der Waals surface area (Å²) in [4.78, 5) is -0.295. The van der Waals surface area contributed by atoms with E-state index in [1.54, 1.807) is 0 Å². The Morgan fingerprint density at radius 2 is 1.90 bits per heavy atom. The van der Waals surface area contributed by atoms with Gasteiger partial charge in [-0.25, -0.2) is 17.5 Å². The number of alkyl halides is 1. The van der Waals surface area contributed by atoms with Crippen molar-refractivity contribution in [1.82, 2.24) is 4.72 Å². The molecule has 0 aliphatic heterocycles. The van der Waals surface area contributed by atoms with Gasteiger partial charge in [-0.15, -0.1) is 0 Å². The number of nitrogens with one attached hydrogen (secondary N) is 1. The molecule has 1 saturated carbocycles. The first-order valence-corrected chi connectivity index (χ1v) is 10.3. The standard InChI is InChI=1S/C14H18Br2FNO2S/c15-8-10-3-1-2-4-11(10)9-18-21(19,20)14-6-5-12(16)7-13(14)17/h5-7,10-11,18H,1-4,8-9H2. The molecule has 0 spiro atoms. The highest BCUT2D eigenvalue weighted by Gasteiger charge is 2.27. The lowest BCUT2D eigenvalue weighted by molar-refractivity contribution is 0.263. The Morgan fingerprint density at radius 3 is 2.52 bits per heavy atom. The van der Waals surface area contributed by atoms with Crippen molar-refractivity contribution in [2.24, 2.45) is 11.8 Å². The predicted molar refractivity (Wildman–Crippen MR) is 88.5 cm³/mol. The SMILES string of the molecule is O=S(=O)(NCC1CCCCC1CBr)c1ccc(Br)cc1F. The van der Waals surface area contributed by atoms with Crippen molar-refractivity contribution in [3.63, 3.8) is 0 Å². The van der Waals surface area contributed by atoms with Gasteiger partial charge in [0.05, 0.1) is 0 Å². The summed E-state index contributed by atoms with van der Waals surface area (Å²) in [6.07, 6.45) is 4.45. The highest BCUT2D eigenvalue weighted by atomic mass is 79.9. The van der Waals surface area contributed by atoms with Crippen LogP contribution in [0.5, 0.6) is 0 Å². The number of sulfonamides is 1. The lowest BCUT2D eigenvalue weighted by atomic mass is 9.80. The minimum atomic E-state index is -3.80. The second-order valence-electron chi connectivity index (χ2n) is 5.39. The first-order valence-electron chi connectivity index (χ1n) is 6.94. The van der Waals surface area contributed by atoms with E-state index in [0.717, 1.165) is 30.7 Å². The van der Waals surface area contributed by atoms with E-state index in [0.29, 0.717) is 22.9 Å². The fraction of sp³-hybridized carbons (Fsp3) is 0.571. The summed E-state index contributed by atoms with van der Waals surface area (Å²) < 4.78 is 41.3. The van der Waals surface area contributed by atoms with Crippen LogP contribution in [0.1, 0.15) is 25.7 Å². The molecule has 0 radical (unpaired) electrons. The van der Waals surface area contributed by atoms with Crippen LogP contribution in [0, 0.1) is 17.7 Å². The Kier molecular flexibility index (Phi) is 6.23. The molecule has 1 N–H and O–H groups in total. The first kappa shape index (κ1) is 17.4. The van der Waals surface area contributed by atoms with E-state index in [4.69, 9.17) is 0 Å².